The molecule has 41 heavy (non-hydrogen) atoms. The van der Waals surface area contributed by atoms with Crippen LogP contribution in [0.25, 0.3) is 0 Å². The molecule has 1 aromatic rings. The summed E-state index contributed by atoms with van der Waals surface area (Å²) in [5.74, 6) is -3.39. The number of fused-ring (bicyclic) bond motifs is 1. The Kier molecular flexibility index (Phi) is 9.23. The number of amides is 1. The van der Waals surface area contributed by atoms with Gasteiger partial charge < -0.3 is 33.9 Å². The molecular formula is C26H32N2O13. The number of cyclic esters (lactones) is 1. The van der Waals surface area contributed by atoms with E-state index in [1.807, 2.05) is 0 Å². The molecule has 0 radical (unpaired) electrons. The van der Waals surface area contributed by atoms with Crippen LogP contribution in [-0.4, -0.2) is 95.1 Å². The number of hydrogen-bond donors (Lipinski definition) is 2. The lowest BCUT2D eigenvalue weighted by atomic mass is 9.76. The number of rotatable bonds is 6. The molecule has 0 spiro atoms. The molecule has 5 atom stereocenters. The van der Waals surface area contributed by atoms with Crippen LogP contribution >= 0.6 is 0 Å². The lowest BCUT2D eigenvalue weighted by Gasteiger charge is -2.39. The first kappa shape index (κ1) is 31.3. The van der Waals surface area contributed by atoms with Gasteiger partial charge in [0.2, 0.25) is 0 Å². The Hall–Kier alpha value is -4.24. The third kappa shape index (κ3) is 5.95. The van der Waals surface area contributed by atoms with E-state index in [1.54, 1.807) is 0 Å². The number of aldehydes is 1. The topological polar surface area (TPSA) is 201 Å². The zero-order valence-corrected chi connectivity index (χ0v) is 23.1. The molecule has 2 heterocycles. The van der Waals surface area contributed by atoms with Crippen LogP contribution in [0.1, 0.15) is 32.8 Å². The van der Waals surface area contributed by atoms with E-state index in [4.69, 9.17) is 23.7 Å². The summed E-state index contributed by atoms with van der Waals surface area (Å²) in [7, 11) is 2.64. The number of likely N-dealkylation sites (tertiary alicyclic amines) is 1. The minimum Gasteiger partial charge on any atom is -0.493 e. The minimum absolute atomic E-state index is 0.00138. The highest BCUT2D eigenvalue weighted by atomic mass is 16.6. The summed E-state index contributed by atoms with van der Waals surface area (Å²) in [5, 5.41) is 33.3. The van der Waals surface area contributed by atoms with Crippen LogP contribution < -0.4 is 9.47 Å². The second kappa shape index (κ2) is 12.1. The van der Waals surface area contributed by atoms with Crippen molar-refractivity contribution in [2.75, 3.05) is 27.4 Å². The second-order valence-electron chi connectivity index (χ2n) is 9.95. The Morgan fingerprint density at radius 1 is 1.22 bits per heavy atom. The normalized spacial score (nSPS) is 29.5. The summed E-state index contributed by atoms with van der Waals surface area (Å²) in [4.78, 5) is 62.6. The molecule has 0 aromatic heterocycles. The van der Waals surface area contributed by atoms with Gasteiger partial charge in [-0.05, 0) is 38.5 Å². The Morgan fingerprint density at radius 2 is 1.85 bits per heavy atom. The van der Waals surface area contributed by atoms with Gasteiger partial charge in [-0.15, -0.1) is 0 Å². The SMILES string of the molecule is COc1cc(COC(=O)N2CC[C@H]3OC(=O)[C@H](C)[C@](C)(O)[C@@](C)(O)C(=O)OC/C(=C/C=O)[C@H]32)c([N+](=O)[O-])cc1OC. The first-order valence-electron chi connectivity index (χ1n) is 12.5. The number of benzene rings is 1. The van der Waals surface area contributed by atoms with Crippen LogP contribution in [0.2, 0.25) is 0 Å². The van der Waals surface area contributed by atoms with Crippen LogP contribution in [0.5, 0.6) is 11.5 Å². The number of carbonyl (C=O) groups excluding carboxylic acids is 4. The average molecular weight is 581 g/mol. The van der Waals surface area contributed by atoms with Gasteiger partial charge in [0, 0.05) is 13.0 Å². The van der Waals surface area contributed by atoms with E-state index in [0.717, 1.165) is 30.9 Å². The number of methoxy groups -OCH3 is 2. The maximum Gasteiger partial charge on any atom is 0.410 e. The predicted molar refractivity (Wildman–Crippen MR) is 137 cm³/mol. The van der Waals surface area contributed by atoms with Crippen LogP contribution in [0.3, 0.4) is 0 Å². The molecule has 3 rings (SSSR count). The van der Waals surface area contributed by atoms with Crippen LogP contribution in [0, 0.1) is 16.0 Å². The van der Waals surface area contributed by atoms with Crippen molar-refractivity contribution in [3.05, 3.63) is 39.5 Å². The maximum atomic E-state index is 13.3. The fourth-order valence-corrected chi connectivity index (χ4v) is 4.67. The zero-order valence-electron chi connectivity index (χ0n) is 23.1. The molecule has 2 saturated heterocycles. The van der Waals surface area contributed by atoms with E-state index in [0.29, 0.717) is 6.29 Å². The summed E-state index contributed by atoms with van der Waals surface area (Å²) in [5.41, 5.74) is -5.19. The van der Waals surface area contributed by atoms with E-state index >= 15 is 0 Å². The molecule has 2 aliphatic heterocycles. The van der Waals surface area contributed by atoms with E-state index in [2.05, 4.69) is 0 Å². The minimum atomic E-state index is -2.54. The van der Waals surface area contributed by atoms with Gasteiger partial charge in [0.15, 0.2) is 17.1 Å². The van der Waals surface area contributed by atoms with Crippen molar-refractivity contribution >= 4 is 30.0 Å². The van der Waals surface area contributed by atoms with Crippen molar-refractivity contribution in [3.63, 3.8) is 0 Å². The highest BCUT2D eigenvalue weighted by molar-refractivity contribution is 5.84. The van der Waals surface area contributed by atoms with E-state index in [-0.39, 0.29) is 41.3 Å². The van der Waals surface area contributed by atoms with Gasteiger partial charge in [-0.25, -0.2) is 9.59 Å². The molecule has 0 aliphatic carbocycles. The number of nitrogens with zero attached hydrogens (tertiary/aromatic N) is 2. The molecule has 224 valence electrons. The molecule has 2 N–H and O–H groups in total. The summed E-state index contributed by atoms with van der Waals surface area (Å²) in [6.45, 7) is 2.16. The smallest absolute Gasteiger partial charge is 0.410 e. The molecule has 0 bridgehead atoms. The fourth-order valence-electron chi connectivity index (χ4n) is 4.67. The summed E-state index contributed by atoms with van der Waals surface area (Å²) >= 11 is 0. The average Bonchev–Trinajstić information content (AvgIpc) is 3.34. The third-order valence-corrected chi connectivity index (χ3v) is 7.59. The molecule has 0 unspecified atom stereocenters. The Morgan fingerprint density at radius 3 is 2.44 bits per heavy atom. The molecular weight excluding hydrogens is 548 g/mol. The summed E-state index contributed by atoms with van der Waals surface area (Å²) < 4.78 is 26.5. The van der Waals surface area contributed by atoms with Crippen LogP contribution in [0.4, 0.5) is 10.5 Å². The highest BCUT2D eigenvalue weighted by Crippen LogP contribution is 2.37. The largest absolute Gasteiger partial charge is 0.493 e. The van der Waals surface area contributed by atoms with Gasteiger partial charge in [-0.2, -0.15) is 0 Å². The van der Waals surface area contributed by atoms with Crippen molar-refractivity contribution in [2.24, 2.45) is 5.92 Å². The van der Waals surface area contributed by atoms with Crippen molar-refractivity contribution in [3.8, 4) is 11.5 Å². The number of nitro groups is 1. The van der Waals surface area contributed by atoms with E-state index < -0.39 is 65.4 Å². The van der Waals surface area contributed by atoms with Gasteiger partial charge in [-0.1, -0.05) is 0 Å². The Bertz CT molecular complexity index is 1260. The molecule has 1 aromatic carbocycles. The van der Waals surface area contributed by atoms with Gasteiger partial charge >= 0.3 is 18.0 Å². The van der Waals surface area contributed by atoms with E-state index in [1.165, 1.54) is 27.2 Å². The first-order chi connectivity index (χ1) is 19.2. The van der Waals surface area contributed by atoms with Crippen molar-refractivity contribution in [1.82, 2.24) is 4.90 Å². The van der Waals surface area contributed by atoms with Crippen LogP contribution in [0.15, 0.2) is 23.8 Å². The van der Waals surface area contributed by atoms with E-state index in [9.17, 15) is 39.5 Å². The third-order valence-electron chi connectivity index (χ3n) is 7.59. The monoisotopic (exact) mass is 580 g/mol. The highest BCUT2D eigenvalue weighted by Gasteiger charge is 2.56. The quantitative estimate of drug-likeness (QED) is 0.121. The standard InChI is InChI=1S/C26H32N2O13/c1-14-22(30)41-18-6-8-27(21(18)15(7-9-29)12-39-23(31)26(3,34)25(14,2)33)24(32)40-13-16-10-19(37-4)20(38-5)11-17(16)28(35)36/h7,9-11,14,18,21,33-34H,6,8,12-13H2,1-5H3/b15-7-/t14-,18+,21+,25-,26-/m0/s1. The number of aliphatic hydroxyl groups is 2. The summed E-state index contributed by atoms with van der Waals surface area (Å²) in [6.07, 6.45) is -0.526. The maximum absolute atomic E-state index is 13.3. The number of hydrogen-bond acceptors (Lipinski definition) is 13. The number of carbonyl (C=O) groups is 4. The number of allylic oxidation sites excluding steroid dienone is 1. The fraction of sp³-hybridized carbons (Fsp3) is 0.538. The predicted octanol–water partition coefficient (Wildman–Crippen LogP) is 1.05. The lowest BCUT2D eigenvalue weighted by Crippen LogP contribution is -2.61. The number of nitro benzene ring substituents is 1. The number of ether oxygens (including phenoxy) is 5. The Labute approximate surface area is 234 Å². The summed E-state index contributed by atoms with van der Waals surface area (Å²) in [6, 6.07) is 1.29. The molecule has 15 heteroatoms. The van der Waals surface area contributed by atoms with Crippen molar-refractivity contribution < 1.29 is 58.0 Å². The Balaban J connectivity index is 1.94. The molecule has 2 aliphatic rings. The molecule has 15 nitrogen and oxygen atoms in total. The van der Waals surface area contributed by atoms with Gasteiger partial charge in [0.1, 0.15) is 31.2 Å². The van der Waals surface area contributed by atoms with Crippen LogP contribution in [-0.2, 0) is 35.2 Å². The van der Waals surface area contributed by atoms with Crippen molar-refractivity contribution in [2.45, 2.75) is 57.1 Å². The molecule has 2 fully saturated rings. The molecule has 1 amide bonds. The molecule has 0 saturated carbocycles. The van der Waals surface area contributed by atoms with Gasteiger partial charge in [0.25, 0.3) is 5.69 Å². The number of esters is 2. The van der Waals surface area contributed by atoms with Gasteiger partial charge in [-0.3, -0.25) is 24.6 Å². The zero-order chi connectivity index (χ0) is 30.7. The first-order valence-corrected chi connectivity index (χ1v) is 12.5. The van der Waals surface area contributed by atoms with Crippen molar-refractivity contribution in [1.29, 1.82) is 0 Å². The van der Waals surface area contributed by atoms with Gasteiger partial charge in [0.05, 0.1) is 42.7 Å². The lowest BCUT2D eigenvalue weighted by molar-refractivity contribution is -0.385. The second-order valence-corrected chi connectivity index (χ2v) is 9.95.